The SMILES string of the molecule is CN(C)C1C(O)=C(C(N)=O)C(=O)[C@@]2(O)C(O)=C3C(=O)c4c(ccc(CN)c4O)CC3CC12. The maximum Gasteiger partial charge on any atom is 0.255 e. The van der Waals surface area contributed by atoms with E-state index in [4.69, 9.17) is 11.5 Å². The third-order valence-electron chi connectivity index (χ3n) is 6.90. The molecule has 0 bridgehead atoms. The number of ketones is 2. The molecule has 0 radical (unpaired) electrons. The van der Waals surface area contributed by atoms with Crippen molar-refractivity contribution in [2.75, 3.05) is 14.1 Å². The zero-order valence-electron chi connectivity index (χ0n) is 17.6. The molecule has 1 amide bonds. The molecule has 8 N–H and O–H groups in total. The zero-order valence-corrected chi connectivity index (χ0v) is 17.6. The van der Waals surface area contributed by atoms with Gasteiger partial charge in [-0.25, -0.2) is 0 Å². The van der Waals surface area contributed by atoms with Gasteiger partial charge in [-0.1, -0.05) is 12.1 Å². The van der Waals surface area contributed by atoms with Gasteiger partial charge in [-0.3, -0.25) is 19.3 Å². The number of phenolic OH excluding ortho intramolecular Hbond substituents is 1. The van der Waals surface area contributed by atoms with Gasteiger partial charge in [0, 0.05) is 23.6 Å². The van der Waals surface area contributed by atoms with E-state index in [1.807, 2.05) is 0 Å². The van der Waals surface area contributed by atoms with Crippen molar-refractivity contribution >= 4 is 17.5 Å². The van der Waals surface area contributed by atoms with Crippen molar-refractivity contribution in [1.82, 2.24) is 4.90 Å². The lowest BCUT2D eigenvalue weighted by atomic mass is 9.58. The van der Waals surface area contributed by atoms with Gasteiger partial charge in [0.2, 0.25) is 5.78 Å². The lowest BCUT2D eigenvalue weighted by Crippen LogP contribution is -2.63. The summed E-state index contributed by atoms with van der Waals surface area (Å²) in [7, 11) is 3.17. The molecule has 0 fully saturated rings. The van der Waals surface area contributed by atoms with Crippen molar-refractivity contribution in [3.8, 4) is 5.75 Å². The number of carbonyl (C=O) groups is 3. The molecule has 1 aromatic rings. The van der Waals surface area contributed by atoms with E-state index in [1.54, 1.807) is 26.2 Å². The Labute approximate surface area is 183 Å². The first-order valence-corrected chi connectivity index (χ1v) is 10.1. The number of phenols is 1. The Morgan fingerprint density at radius 1 is 1.22 bits per heavy atom. The largest absolute Gasteiger partial charge is 0.510 e. The summed E-state index contributed by atoms with van der Waals surface area (Å²) >= 11 is 0. The third kappa shape index (κ3) is 2.66. The third-order valence-corrected chi connectivity index (χ3v) is 6.90. The van der Waals surface area contributed by atoms with E-state index in [1.165, 1.54) is 4.90 Å². The van der Waals surface area contributed by atoms with Crippen LogP contribution in [0.15, 0.2) is 34.8 Å². The van der Waals surface area contributed by atoms with Gasteiger partial charge in [0.05, 0.1) is 11.6 Å². The highest BCUT2D eigenvalue weighted by molar-refractivity contribution is 6.24. The number of hydrogen-bond donors (Lipinski definition) is 6. The Hall–Kier alpha value is -3.21. The fourth-order valence-electron chi connectivity index (χ4n) is 5.43. The molecule has 3 unspecified atom stereocenters. The van der Waals surface area contributed by atoms with E-state index in [0.717, 1.165) is 0 Å². The number of nitrogens with two attached hydrogens (primary N) is 2. The van der Waals surface area contributed by atoms with Crippen molar-refractivity contribution < 1.29 is 34.8 Å². The summed E-state index contributed by atoms with van der Waals surface area (Å²) in [4.78, 5) is 40.0. The van der Waals surface area contributed by atoms with E-state index >= 15 is 0 Å². The summed E-state index contributed by atoms with van der Waals surface area (Å²) in [6, 6.07) is 2.30. The van der Waals surface area contributed by atoms with Gasteiger partial charge in [-0.2, -0.15) is 0 Å². The maximum absolute atomic E-state index is 13.4. The van der Waals surface area contributed by atoms with Crippen molar-refractivity contribution in [1.29, 1.82) is 0 Å². The minimum absolute atomic E-state index is 0.0120. The number of nitrogens with zero attached hydrogens (tertiary/aromatic N) is 1. The lowest BCUT2D eigenvalue weighted by Gasteiger charge is -2.50. The molecule has 0 aromatic heterocycles. The molecule has 0 saturated carbocycles. The predicted octanol–water partition coefficient (Wildman–Crippen LogP) is -0.421. The number of allylic oxidation sites excluding steroid dienone is 1. The number of carbonyl (C=O) groups excluding carboxylic acids is 3. The fraction of sp³-hybridized carbons (Fsp3) is 0.409. The minimum atomic E-state index is -2.63. The van der Waals surface area contributed by atoms with Crippen LogP contribution in [0.3, 0.4) is 0 Å². The van der Waals surface area contributed by atoms with Crippen LogP contribution >= 0.6 is 0 Å². The van der Waals surface area contributed by atoms with Gasteiger partial charge >= 0.3 is 0 Å². The highest BCUT2D eigenvalue weighted by Crippen LogP contribution is 2.52. The second-order valence-corrected chi connectivity index (χ2v) is 8.77. The molecule has 10 nitrogen and oxygen atoms in total. The van der Waals surface area contributed by atoms with Crippen molar-refractivity contribution in [3.63, 3.8) is 0 Å². The van der Waals surface area contributed by atoms with Crippen LogP contribution in [0.5, 0.6) is 5.75 Å². The molecule has 32 heavy (non-hydrogen) atoms. The molecule has 0 spiro atoms. The Morgan fingerprint density at radius 2 is 1.88 bits per heavy atom. The van der Waals surface area contributed by atoms with Crippen molar-refractivity contribution in [3.05, 3.63) is 51.5 Å². The zero-order chi connectivity index (χ0) is 23.7. The van der Waals surface area contributed by atoms with Crippen LogP contribution in [-0.4, -0.2) is 68.5 Å². The summed E-state index contributed by atoms with van der Waals surface area (Å²) in [5, 5.41) is 43.8. The summed E-state index contributed by atoms with van der Waals surface area (Å²) in [6.45, 7) is -0.0120. The minimum Gasteiger partial charge on any atom is -0.510 e. The van der Waals surface area contributed by atoms with Gasteiger partial charge in [0.25, 0.3) is 5.91 Å². The average molecular weight is 443 g/mol. The molecular formula is C22H25N3O7. The number of Topliss-reactive ketones (excluding diaryl/α,β-unsaturated/α-hetero) is 2. The highest BCUT2D eigenvalue weighted by atomic mass is 16.3. The molecule has 0 saturated heterocycles. The summed E-state index contributed by atoms with van der Waals surface area (Å²) < 4.78 is 0. The van der Waals surface area contributed by atoms with Crippen LogP contribution in [0.1, 0.15) is 27.9 Å². The average Bonchev–Trinajstić information content (AvgIpc) is 2.70. The quantitative estimate of drug-likeness (QED) is 0.337. The van der Waals surface area contributed by atoms with Gasteiger partial charge in [-0.15, -0.1) is 0 Å². The van der Waals surface area contributed by atoms with E-state index < -0.39 is 58.0 Å². The summed E-state index contributed by atoms with van der Waals surface area (Å²) in [6.07, 6.45) is 0.318. The standard InChI is InChI=1S/C22H25N3O7/c1-25(2)15-11-6-10-5-8-3-4-9(7-23)16(26)12(8)17(27)13(10)19(29)22(11,32)20(30)14(18(15)28)21(24)31/h3-4,10-11,15,26,28-29,32H,5-7,23H2,1-2H3,(H2,24,31)/t10?,11?,15?,22-/m0/s1. The number of likely N-dealkylation sites (N-methyl/N-ethyl adjacent to an activating group) is 1. The van der Waals surface area contributed by atoms with Gasteiger partial charge in [0.1, 0.15) is 22.8 Å². The predicted molar refractivity (Wildman–Crippen MR) is 112 cm³/mol. The number of amides is 1. The Bertz CT molecular complexity index is 1140. The van der Waals surface area contributed by atoms with E-state index in [9.17, 15) is 34.8 Å². The van der Waals surface area contributed by atoms with Crippen LogP contribution < -0.4 is 11.5 Å². The van der Waals surface area contributed by atoms with Crippen LogP contribution in [-0.2, 0) is 22.6 Å². The number of hydrogen-bond acceptors (Lipinski definition) is 9. The van der Waals surface area contributed by atoms with Crippen LogP contribution in [0.2, 0.25) is 0 Å². The van der Waals surface area contributed by atoms with Gasteiger partial charge in [0.15, 0.2) is 11.4 Å². The number of aliphatic hydroxyl groups excluding tert-OH is 2. The van der Waals surface area contributed by atoms with Crippen LogP contribution in [0.25, 0.3) is 0 Å². The normalized spacial score (nSPS) is 29.7. The van der Waals surface area contributed by atoms with E-state index in [-0.39, 0.29) is 36.3 Å². The van der Waals surface area contributed by atoms with Crippen molar-refractivity contribution in [2.24, 2.45) is 23.3 Å². The number of benzene rings is 1. The summed E-state index contributed by atoms with van der Waals surface area (Å²) in [5.74, 6) is -6.62. The smallest absolute Gasteiger partial charge is 0.255 e. The highest BCUT2D eigenvalue weighted by Gasteiger charge is 2.63. The lowest BCUT2D eigenvalue weighted by molar-refractivity contribution is -0.148. The molecule has 0 aliphatic heterocycles. The van der Waals surface area contributed by atoms with Crippen LogP contribution in [0.4, 0.5) is 0 Å². The molecule has 1 aromatic carbocycles. The Morgan fingerprint density at radius 3 is 2.44 bits per heavy atom. The molecule has 0 heterocycles. The topological polar surface area (TPSA) is 187 Å². The fourth-order valence-corrected chi connectivity index (χ4v) is 5.43. The van der Waals surface area contributed by atoms with E-state index in [0.29, 0.717) is 11.1 Å². The number of aliphatic hydroxyl groups is 3. The van der Waals surface area contributed by atoms with E-state index in [2.05, 4.69) is 0 Å². The van der Waals surface area contributed by atoms with Crippen molar-refractivity contribution in [2.45, 2.75) is 31.0 Å². The van der Waals surface area contributed by atoms with Gasteiger partial charge in [-0.05, 0) is 38.4 Å². The Kier molecular flexibility index (Phi) is 4.92. The Balaban J connectivity index is 1.96. The summed E-state index contributed by atoms with van der Waals surface area (Å²) in [5.41, 5.74) is 8.13. The molecular weight excluding hydrogens is 418 g/mol. The number of rotatable bonds is 3. The maximum atomic E-state index is 13.4. The molecule has 4 rings (SSSR count). The second kappa shape index (κ2) is 7.16. The number of primary amides is 1. The molecule has 3 aliphatic carbocycles. The van der Waals surface area contributed by atoms with Gasteiger partial charge < -0.3 is 31.9 Å². The number of fused-ring (bicyclic) bond motifs is 3. The molecule has 10 heteroatoms. The number of aromatic hydroxyl groups is 1. The molecule has 170 valence electrons. The first kappa shape index (κ1) is 22.0. The first-order chi connectivity index (χ1) is 15.0. The first-order valence-electron chi connectivity index (χ1n) is 10.1. The molecule has 4 atom stereocenters. The molecule has 3 aliphatic rings. The monoisotopic (exact) mass is 443 g/mol. The van der Waals surface area contributed by atoms with Crippen LogP contribution in [0, 0.1) is 11.8 Å². The second-order valence-electron chi connectivity index (χ2n) is 8.77.